The molecule has 0 saturated carbocycles. The van der Waals surface area contributed by atoms with Gasteiger partial charge in [-0.05, 0) is 42.9 Å². The molecule has 44 heavy (non-hydrogen) atoms. The zero-order valence-corrected chi connectivity index (χ0v) is 24.7. The highest BCUT2D eigenvalue weighted by Crippen LogP contribution is 2.20. The largest absolute Gasteiger partial charge is 0.508 e. The first-order chi connectivity index (χ1) is 20.7. The van der Waals surface area contributed by atoms with Gasteiger partial charge in [0.05, 0.1) is 13.1 Å². The molecule has 242 valence electrons. The zero-order chi connectivity index (χ0) is 33.0. The lowest BCUT2D eigenvalue weighted by Gasteiger charge is -2.29. The number of phenolic OH excluding ortho intramolecular Hbond substituents is 1. The maximum absolute atomic E-state index is 13.5. The molecule has 1 aliphatic rings. The number of aromatic hydroxyl groups is 1. The van der Waals surface area contributed by atoms with Gasteiger partial charge in [-0.2, -0.15) is 0 Å². The van der Waals surface area contributed by atoms with Gasteiger partial charge in [-0.15, -0.1) is 0 Å². The predicted molar refractivity (Wildman–Crippen MR) is 155 cm³/mol. The van der Waals surface area contributed by atoms with Crippen molar-refractivity contribution in [3.63, 3.8) is 0 Å². The lowest BCUT2D eigenvalue weighted by atomic mass is 10.0. The van der Waals surface area contributed by atoms with E-state index in [1.807, 2.05) is 0 Å². The third kappa shape index (κ3) is 10.8. The van der Waals surface area contributed by atoms with Gasteiger partial charge in [0.15, 0.2) is 0 Å². The summed E-state index contributed by atoms with van der Waals surface area (Å²) in [6.07, 6.45) is 0.392. The lowest BCUT2D eigenvalue weighted by molar-refractivity contribution is -0.143. The van der Waals surface area contributed by atoms with Crippen molar-refractivity contribution in [2.24, 2.45) is 17.4 Å². The molecule has 0 spiro atoms. The van der Waals surface area contributed by atoms with E-state index < -0.39 is 78.0 Å². The number of hydrogen-bond donors (Lipinski definition) is 8. The molecule has 16 nitrogen and oxygen atoms in total. The van der Waals surface area contributed by atoms with Gasteiger partial charge in [0.1, 0.15) is 29.9 Å². The Morgan fingerprint density at radius 3 is 2.18 bits per heavy atom. The van der Waals surface area contributed by atoms with E-state index in [9.17, 15) is 43.8 Å². The maximum atomic E-state index is 13.5. The predicted octanol–water partition coefficient (Wildman–Crippen LogP) is -2.54. The van der Waals surface area contributed by atoms with Crippen LogP contribution in [0.3, 0.4) is 0 Å². The van der Waals surface area contributed by atoms with Crippen LogP contribution in [0.25, 0.3) is 0 Å². The Bertz CT molecular complexity index is 1220. The van der Waals surface area contributed by atoms with E-state index in [1.54, 1.807) is 26.0 Å². The van der Waals surface area contributed by atoms with Gasteiger partial charge >= 0.3 is 5.97 Å². The minimum atomic E-state index is -1.30. The summed E-state index contributed by atoms with van der Waals surface area (Å²) in [5, 5.41) is 28.7. The average molecular weight is 620 g/mol. The molecule has 1 aromatic rings. The van der Waals surface area contributed by atoms with E-state index in [1.165, 1.54) is 17.0 Å². The second kappa shape index (κ2) is 16.8. The summed E-state index contributed by atoms with van der Waals surface area (Å²) < 4.78 is 0. The molecule has 4 atom stereocenters. The van der Waals surface area contributed by atoms with Crippen molar-refractivity contribution in [1.29, 1.82) is 0 Å². The molecular formula is C28H41N7O9. The number of carbonyl (C=O) groups excluding carboxylic acids is 6. The molecule has 0 unspecified atom stereocenters. The molecule has 0 aliphatic carbocycles. The highest BCUT2D eigenvalue weighted by molar-refractivity contribution is 5.95. The molecule has 1 saturated heterocycles. The summed E-state index contributed by atoms with van der Waals surface area (Å²) in [5.74, 6) is -5.81. The number of carboxylic acid groups (broad SMARTS) is 1. The van der Waals surface area contributed by atoms with Crippen LogP contribution in [0, 0.1) is 5.92 Å². The Labute approximate surface area is 254 Å². The number of nitrogens with zero attached hydrogens (tertiary/aromatic N) is 1. The molecule has 10 N–H and O–H groups in total. The molecular weight excluding hydrogens is 578 g/mol. The van der Waals surface area contributed by atoms with Gasteiger partial charge in [0.2, 0.25) is 35.4 Å². The summed E-state index contributed by atoms with van der Waals surface area (Å²) in [7, 11) is 0. The van der Waals surface area contributed by atoms with Crippen molar-refractivity contribution in [3.8, 4) is 5.75 Å². The fraction of sp³-hybridized carbons (Fsp3) is 0.536. The van der Waals surface area contributed by atoms with E-state index in [4.69, 9.17) is 11.5 Å². The summed E-state index contributed by atoms with van der Waals surface area (Å²) >= 11 is 0. The highest BCUT2D eigenvalue weighted by atomic mass is 16.4. The lowest BCUT2D eigenvalue weighted by Crippen LogP contribution is -2.56. The standard InChI is InChI=1S/C28H41N7O9/c1-15(2)24(28(43)44)34-25(40)18(9-10-21(30)37)32-23(39)14-31-26(41)20-4-3-11-35(20)27(42)19(33-22(38)13-29)12-16-5-7-17(36)8-6-16/h5-8,15,18-20,24,36H,3-4,9-14,29H2,1-2H3,(H2,30,37)(H,31,41)(H,32,39)(H,33,38)(H,34,40)(H,43,44)/t18-,19-,20-,24-/m0/s1. The van der Waals surface area contributed by atoms with Gasteiger partial charge in [-0.3, -0.25) is 28.8 Å². The number of aliphatic carboxylic acids is 1. The minimum Gasteiger partial charge on any atom is -0.508 e. The van der Waals surface area contributed by atoms with Crippen molar-refractivity contribution < 1.29 is 43.8 Å². The Morgan fingerprint density at radius 1 is 0.977 bits per heavy atom. The maximum Gasteiger partial charge on any atom is 0.326 e. The number of hydrogen-bond acceptors (Lipinski definition) is 9. The number of nitrogens with two attached hydrogens (primary N) is 2. The summed E-state index contributed by atoms with van der Waals surface area (Å²) in [6.45, 7) is 2.47. The van der Waals surface area contributed by atoms with Crippen molar-refractivity contribution in [3.05, 3.63) is 29.8 Å². The minimum absolute atomic E-state index is 0.0303. The van der Waals surface area contributed by atoms with Gasteiger partial charge in [-0.25, -0.2) is 4.79 Å². The number of rotatable bonds is 16. The van der Waals surface area contributed by atoms with Crippen molar-refractivity contribution >= 4 is 41.4 Å². The molecule has 1 fully saturated rings. The first-order valence-corrected chi connectivity index (χ1v) is 14.2. The summed E-state index contributed by atoms with van der Waals surface area (Å²) in [4.78, 5) is 88.2. The monoisotopic (exact) mass is 619 g/mol. The quantitative estimate of drug-likeness (QED) is 0.0961. The molecule has 1 aliphatic heterocycles. The fourth-order valence-corrected chi connectivity index (χ4v) is 4.68. The molecule has 0 bridgehead atoms. The third-order valence-electron chi connectivity index (χ3n) is 7.02. The summed E-state index contributed by atoms with van der Waals surface area (Å²) in [6, 6.07) is 1.54. The Balaban J connectivity index is 2.07. The van der Waals surface area contributed by atoms with Crippen LogP contribution in [0.1, 0.15) is 45.1 Å². The molecule has 6 amide bonds. The van der Waals surface area contributed by atoms with E-state index in [0.29, 0.717) is 18.4 Å². The number of likely N-dealkylation sites (tertiary alicyclic amines) is 1. The van der Waals surface area contributed by atoms with Crippen LogP contribution >= 0.6 is 0 Å². The molecule has 16 heteroatoms. The van der Waals surface area contributed by atoms with E-state index in [2.05, 4.69) is 21.3 Å². The number of carbonyl (C=O) groups is 7. The van der Waals surface area contributed by atoms with Crippen LogP contribution < -0.4 is 32.7 Å². The smallest absolute Gasteiger partial charge is 0.326 e. The SMILES string of the molecule is CC(C)[C@H](NC(=O)[C@H](CCC(N)=O)NC(=O)CNC(=O)[C@@H]1CCCN1C(=O)[C@H](Cc1ccc(O)cc1)NC(=O)CN)C(=O)O. The first kappa shape index (κ1) is 35.5. The van der Waals surface area contributed by atoms with Crippen molar-refractivity contribution in [2.75, 3.05) is 19.6 Å². The highest BCUT2D eigenvalue weighted by Gasteiger charge is 2.38. The van der Waals surface area contributed by atoms with E-state index in [0.717, 1.165) is 0 Å². The number of amides is 6. The van der Waals surface area contributed by atoms with E-state index >= 15 is 0 Å². The fourth-order valence-electron chi connectivity index (χ4n) is 4.68. The topological polar surface area (TPSA) is 263 Å². The number of benzene rings is 1. The van der Waals surface area contributed by atoms with Crippen LogP contribution in [0.2, 0.25) is 0 Å². The number of phenols is 1. The van der Waals surface area contributed by atoms with Gasteiger partial charge in [-0.1, -0.05) is 26.0 Å². The van der Waals surface area contributed by atoms with E-state index in [-0.39, 0.29) is 38.1 Å². The molecule has 0 aromatic heterocycles. The molecule has 0 radical (unpaired) electrons. The molecule has 2 rings (SSSR count). The van der Waals surface area contributed by atoms with Gasteiger partial charge in [0, 0.05) is 19.4 Å². The van der Waals surface area contributed by atoms with Crippen LogP contribution in [-0.2, 0) is 40.0 Å². The van der Waals surface area contributed by atoms with Crippen molar-refractivity contribution in [2.45, 2.75) is 70.1 Å². The van der Waals surface area contributed by atoms with Crippen LogP contribution in [-0.4, -0.2) is 100 Å². The van der Waals surface area contributed by atoms with Crippen LogP contribution in [0.4, 0.5) is 0 Å². The second-order valence-electron chi connectivity index (χ2n) is 10.8. The normalized spacial score (nSPS) is 16.4. The van der Waals surface area contributed by atoms with Crippen LogP contribution in [0.5, 0.6) is 5.75 Å². The summed E-state index contributed by atoms with van der Waals surface area (Å²) in [5.41, 5.74) is 11.2. The third-order valence-corrected chi connectivity index (χ3v) is 7.02. The molecule has 1 heterocycles. The number of primary amides is 1. The molecule has 1 aromatic carbocycles. The van der Waals surface area contributed by atoms with Crippen molar-refractivity contribution in [1.82, 2.24) is 26.2 Å². The Hall–Kier alpha value is -4.73. The average Bonchev–Trinajstić information content (AvgIpc) is 3.46. The number of nitrogens with one attached hydrogen (secondary N) is 4. The van der Waals surface area contributed by atoms with Gasteiger partial charge in [0.25, 0.3) is 0 Å². The zero-order valence-electron chi connectivity index (χ0n) is 24.7. The first-order valence-electron chi connectivity index (χ1n) is 14.2. The van der Waals surface area contributed by atoms with Crippen LogP contribution in [0.15, 0.2) is 24.3 Å². The van der Waals surface area contributed by atoms with Gasteiger partial charge < -0.3 is 47.8 Å². The Morgan fingerprint density at radius 2 is 1.61 bits per heavy atom. The second-order valence-corrected chi connectivity index (χ2v) is 10.8. The number of carboxylic acids is 1. The Kier molecular flexibility index (Phi) is 13.5.